The average Bonchev–Trinajstić information content (AvgIpc) is 2.07. The summed E-state index contributed by atoms with van der Waals surface area (Å²) in [4.78, 5) is 14.5. The van der Waals surface area contributed by atoms with E-state index in [0.717, 1.165) is 13.2 Å². The van der Waals surface area contributed by atoms with Gasteiger partial charge in [-0.05, 0) is 6.42 Å². The van der Waals surface area contributed by atoms with Crippen LogP contribution in [0, 0.1) is 0 Å². The number of aryl methyl sites for hydroxylation is 1. The highest BCUT2D eigenvalue weighted by Gasteiger charge is 2.35. The van der Waals surface area contributed by atoms with Gasteiger partial charge in [0.05, 0.1) is 0 Å². The standard InChI is InChI=1S/C8H9F3N2O/c1-3-5-4-12-7(8(9,10)11)13(2)6(5)14/h4H,3H2,1-2H3. The fraction of sp³-hybridized carbons (Fsp3) is 0.500. The van der Waals surface area contributed by atoms with Gasteiger partial charge in [-0.25, -0.2) is 4.98 Å². The second kappa shape index (κ2) is 3.43. The van der Waals surface area contributed by atoms with Crippen molar-refractivity contribution in [1.29, 1.82) is 0 Å². The molecule has 0 saturated carbocycles. The van der Waals surface area contributed by atoms with Crippen molar-refractivity contribution in [2.24, 2.45) is 7.05 Å². The molecule has 1 aromatic rings. The van der Waals surface area contributed by atoms with E-state index in [1.807, 2.05) is 0 Å². The maximum atomic E-state index is 12.2. The van der Waals surface area contributed by atoms with Gasteiger partial charge < -0.3 is 0 Å². The minimum atomic E-state index is -4.58. The molecule has 14 heavy (non-hydrogen) atoms. The van der Waals surface area contributed by atoms with E-state index in [4.69, 9.17) is 0 Å². The zero-order chi connectivity index (χ0) is 10.9. The summed E-state index contributed by atoms with van der Waals surface area (Å²) in [6, 6.07) is 0. The summed E-state index contributed by atoms with van der Waals surface area (Å²) in [5.74, 6) is -1.17. The number of nitrogens with zero attached hydrogens (tertiary/aromatic N) is 2. The smallest absolute Gasteiger partial charge is 0.292 e. The molecule has 0 aromatic carbocycles. The molecule has 0 spiro atoms. The highest BCUT2D eigenvalue weighted by atomic mass is 19.4. The van der Waals surface area contributed by atoms with Crippen LogP contribution in [-0.4, -0.2) is 9.55 Å². The third-order valence-corrected chi connectivity index (χ3v) is 1.87. The molecule has 3 nitrogen and oxygen atoms in total. The maximum absolute atomic E-state index is 12.2. The Labute approximate surface area is 78.2 Å². The first-order valence-corrected chi connectivity index (χ1v) is 4.00. The normalized spacial score (nSPS) is 11.8. The van der Waals surface area contributed by atoms with Gasteiger partial charge in [-0.2, -0.15) is 13.2 Å². The highest BCUT2D eigenvalue weighted by molar-refractivity contribution is 5.08. The summed E-state index contributed by atoms with van der Waals surface area (Å²) >= 11 is 0. The Kier molecular flexibility index (Phi) is 2.64. The molecule has 0 aliphatic rings. The van der Waals surface area contributed by atoms with Crippen molar-refractivity contribution < 1.29 is 13.2 Å². The number of halogens is 3. The topological polar surface area (TPSA) is 34.9 Å². The third-order valence-electron chi connectivity index (χ3n) is 1.87. The van der Waals surface area contributed by atoms with Crippen molar-refractivity contribution in [3.8, 4) is 0 Å². The van der Waals surface area contributed by atoms with Gasteiger partial charge in [-0.15, -0.1) is 0 Å². The van der Waals surface area contributed by atoms with E-state index in [2.05, 4.69) is 4.98 Å². The Morgan fingerprint density at radius 2 is 2.07 bits per heavy atom. The van der Waals surface area contributed by atoms with Gasteiger partial charge in [-0.1, -0.05) is 6.92 Å². The number of hydrogen-bond acceptors (Lipinski definition) is 2. The molecule has 0 radical (unpaired) electrons. The Morgan fingerprint density at radius 3 is 2.50 bits per heavy atom. The van der Waals surface area contributed by atoms with E-state index in [0.29, 0.717) is 11.0 Å². The molecule has 0 N–H and O–H groups in total. The number of rotatable bonds is 1. The fourth-order valence-electron chi connectivity index (χ4n) is 1.10. The first-order chi connectivity index (χ1) is 6.38. The number of hydrogen-bond donors (Lipinski definition) is 0. The van der Waals surface area contributed by atoms with Gasteiger partial charge in [-0.3, -0.25) is 9.36 Å². The Balaban J connectivity index is 3.40. The van der Waals surface area contributed by atoms with Crippen LogP contribution in [0.5, 0.6) is 0 Å². The van der Waals surface area contributed by atoms with Crippen LogP contribution in [0.3, 0.4) is 0 Å². The minimum Gasteiger partial charge on any atom is -0.292 e. The Morgan fingerprint density at radius 1 is 1.50 bits per heavy atom. The van der Waals surface area contributed by atoms with Gasteiger partial charge >= 0.3 is 6.18 Å². The van der Waals surface area contributed by atoms with Crippen molar-refractivity contribution in [1.82, 2.24) is 9.55 Å². The van der Waals surface area contributed by atoms with Crippen LogP contribution in [0.15, 0.2) is 11.0 Å². The average molecular weight is 206 g/mol. The highest BCUT2D eigenvalue weighted by Crippen LogP contribution is 2.25. The van der Waals surface area contributed by atoms with Gasteiger partial charge in [0, 0.05) is 18.8 Å². The van der Waals surface area contributed by atoms with Crippen LogP contribution in [0.4, 0.5) is 13.2 Å². The van der Waals surface area contributed by atoms with Crippen molar-refractivity contribution in [2.75, 3.05) is 0 Å². The molecule has 0 saturated heterocycles. The Hall–Kier alpha value is -1.33. The lowest BCUT2D eigenvalue weighted by Gasteiger charge is -2.10. The van der Waals surface area contributed by atoms with E-state index < -0.39 is 17.6 Å². The monoisotopic (exact) mass is 206 g/mol. The summed E-state index contributed by atoms with van der Waals surface area (Å²) < 4.78 is 37.3. The molecule has 1 rings (SSSR count). The molecule has 1 aromatic heterocycles. The molecule has 1 heterocycles. The quantitative estimate of drug-likeness (QED) is 0.695. The van der Waals surface area contributed by atoms with Gasteiger partial charge in [0.2, 0.25) is 5.82 Å². The maximum Gasteiger partial charge on any atom is 0.449 e. The largest absolute Gasteiger partial charge is 0.449 e. The zero-order valence-corrected chi connectivity index (χ0v) is 7.72. The summed E-state index contributed by atoms with van der Waals surface area (Å²) in [5.41, 5.74) is -0.365. The molecule has 0 fully saturated rings. The summed E-state index contributed by atoms with van der Waals surface area (Å²) in [5, 5.41) is 0. The second-order valence-electron chi connectivity index (χ2n) is 2.82. The van der Waals surface area contributed by atoms with E-state index in [1.165, 1.54) is 0 Å². The molecule has 78 valence electrons. The van der Waals surface area contributed by atoms with Crippen LogP contribution >= 0.6 is 0 Å². The third kappa shape index (κ3) is 1.78. The molecule has 0 unspecified atom stereocenters. The molecule has 6 heteroatoms. The zero-order valence-electron chi connectivity index (χ0n) is 7.72. The van der Waals surface area contributed by atoms with Crippen molar-refractivity contribution in [2.45, 2.75) is 19.5 Å². The number of aromatic nitrogens is 2. The lowest BCUT2D eigenvalue weighted by atomic mass is 10.2. The van der Waals surface area contributed by atoms with Crippen molar-refractivity contribution >= 4 is 0 Å². The van der Waals surface area contributed by atoms with Crippen LogP contribution in [0.25, 0.3) is 0 Å². The van der Waals surface area contributed by atoms with Gasteiger partial charge in [0.25, 0.3) is 5.56 Å². The van der Waals surface area contributed by atoms with E-state index >= 15 is 0 Å². The SMILES string of the molecule is CCc1cnc(C(F)(F)F)n(C)c1=O. The lowest BCUT2D eigenvalue weighted by molar-refractivity contribution is -0.147. The first-order valence-electron chi connectivity index (χ1n) is 4.00. The van der Waals surface area contributed by atoms with Crippen molar-refractivity contribution in [3.05, 3.63) is 27.9 Å². The van der Waals surface area contributed by atoms with E-state index in [9.17, 15) is 18.0 Å². The first kappa shape index (κ1) is 10.7. The molecule has 0 aliphatic carbocycles. The summed E-state index contributed by atoms with van der Waals surface area (Å²) in [6.45, 7) is 1.69. The lowest BCUT2D eigenvalue weighted by Crippen LogP contribution is -2.29. The van der Waals surface area contributed by atoms with Gasteiger partial charge in [0.15, 0.2) is 0 Å². The van der Waals surface area contributed by atoms with Gasteiger partial charge in [0.1, 0.15) is 0 Å². The molecular formula is C8H9F3N2O. The molecule has 0 aliphatic heterocycles. The second-order valence-corrected chi connectivity index (χ2v) is 2.82. The van der Waals surface area contributed by atoms with Crippen LogP contribution in [0.1, 0.15) is 18.3 Å². The summed E-state index contributed by atoms with van der Waals surface area (Å²) in [6.07, 6.45) is -3.23. The van der Waals surface area contributed by atoms with E-state index in [1.54, 1.807) is 6.92 Å². The molecule has 0 bridgehead atoms. The molecular weight excluding hydrogens is 197 g/mol. The summed E-state index contributed by atoms with van der Waals surface area (Å²) in [7, 11) is 1.07. The van der Waals surface area contributed by atoms with Crippen LogP contribution < -0.4 is 5.56 Å². The fourth-order valence-corrected chi connectivity index (χ4v) is 1.10. The number of alkyl halides is 3. The van der Waals surface area contributed by atoms with E-state index in [-0.39, 0.29) is 5.56 Å². The molecule has 0 amide bonds. The predicted molar refractivity (Wildman–Crippen MR) is 43.9 cm³/mol. The minimum absolute atomic E-state index is 0.278. The van der Waals surface area contributed by atoms with Crippen LogP contribution in [-0.2, 0) is 19.6 Å². The van der Waals surface area contributed by atoms with Crippen LogP contribution in [0.2, 0.25) is 0 Å². The van der Waals surface area contributed by atoms with Crippen molar-refractivity contribution in [3.63, 3.8) is 0 Å². The molecule has 0 atom stereocenters. The Bertz CT molecular complexity index is 395. The predicted octanol–water partition coefficient (Wildman–Crippen LogP) is 1.36.